The Balaban J connectivity index is 1.67. The average Bonchev–Trinajstić information content (AvgIpc) is 3.48. The van der Waals surface area contributed by atoms with Gasteiger partial charge in [-0.2, -0.15) is 0 Å². The third-order valence-corrected chi connectivity index (χ3v) is 9.44. The molecule has 0 spiro atoms. The Labute approximate surface area is 250 Å². The lowest BCUT2D eigenvalue weighted by Gasteiger charge is -2.32. The molecule has 0 aromatic heterocycles. The predicted molar refractivity (Wildman–Crippen MR) is 163 cm³/mol. The van der Waals surface area contributed by atoms with Crippen LogP contribution in [0.4, 0.5) is 5.69 Å². The summed E-state index contributed by atoms with van der Waals surface area (Å²) >= 11 is 3.47. The van der Waals surface area contributed by atoms with Crippen LogP contribution in [0.3, 0.4) is 0 Å². The number of amides is 2. The number of carbonyl (C=O) groups excluding carboxylic acids is 2. The van der Waals surface area contributed by atoms with Gasteiger partial charge in [0.2, 0.25) is 11.8 Å². The number of ether oxygens (including phenoxy) is 1. The van der Waals surface area contributed by atoms with Gasteiger partial charge in [-0.25, -0.2) is 8.42 Å². The van der Waals surface area contributed by atoms with Gasteiger partial charge in [-0.3, -0.25) is 13.9 Å². The number of anilines is 1. The fraction of sp³-hybridized carbons (Fsp3) is 0.355. The lowest BCUT2D eigenvalue weighted by atomic mass is 10.1. The fourth-order valence-corrected chi connectivity index (χ4v) is 6.81. The second-order valence-corrected chi connectivity index (χ2v) is 12.8. The summed E-state index contributed by atoms with van der Waals surface area (Å²) in [5.74, 6) is -0.153. The van der Waals surface area contributed by atoms with E-state index in [2.05, 4.69) is 21.2 Å². The largest absolute Gasteiger partial charge is 0.494 e. The number of benzene rings is 3. The molecule has 1 fully saturated rings. The van der Waals surface area contributed by atoms with Crippen LogP contribution in [0, 0.1) is 0 Å². The van der Waals surface area contributed by atoms with E-state index in [1.807, 2.05) is 31.2 Å². The van der Waals surface area contributed by atoms with E-state index < -0.39 is 28.5 Å². The molecular formula is C31H36BrN3O5S. The summed E-state index contributed by atoms with van der Waals surface area (Å²) < 4.78 is 35.2. The van der Waals surface area contributed by atoms with Crippen LogP contribution in [0.1, 0.15) is 45.1 Å². The first-order valence-electron chi connectivity index (χ1n) is 13.8. The smallest absolute Gasteiger partial charge is 0.264 e. The fourth-order valence-electron chi connectivity index (χ4n) is 4.93. The van der Waals surface area contributed by atoms with Gasteiger partial charge in [0.1, 0.15) is 18.3 Å². The maximum Gasteiger partial charge on any atom is 0.264 e. The maximum absolute atomic E-state index is 14.1. The molecule has 0 heterocycles. The number of nitrogens with one attached hydrogen (secondary N) is 1. The summed E-state index contributed by atoms with van der Waals surface area (Å²) in [6.07, 6.45) is 3.96. The quantitative estimate of drug-likeness (QED) is 0.281. The van der Waals surface area contributed by atoms with Crippen molar-refractivity contribution in [2.45, 2.75) is 63.1 Å². The zero-order valence-corrected chi connectivity index (χ0v) is 25.7. The lowest BCUT2D eigenvalue weighted by Crippen LogP contribution is -2.52. The summed E-state index contributed by atoms with van der Waals surface area (Å²) in [5, 5.41) is 3.08. The molecule has 3 aromatic carbocycles. The van der Waals surface area contributed by atoms with Crippen molar-refractivity contribution in [3.05, 3.63) is 88.9 Å². The summed E-state index contributed by atoms with van der Waals surface area (Å²) in [7, 11) is -4.12. The molecule has 0 bridgehead atoms. The van der Waals surface area contributed by atoms with E-state index >= 15 is 0 Å². The zero-order valence-electron chi connectivity index (χ0n) is 23.3. The van der Waals surface area contributed by atoms with Crippen LogP contribution in [0.15, 0.2) is 88.2 Å². The number of carbonyl (C=O) groups is 2. The first kappa shape index (κ1) is 30.6. The van der Waals surface area contributed by atoms with E-state index in [1.165, 1.54) is 17.0 Å². The van der Waals surface area contributed by atoms with Gasteiger partial charge in [0, 0.05) is 17.1 Å². The minimum absolute atomic E-state index is 0.0623. The average molecular weight is 643 g/mol. The second-order valence-electron chi connectivity index (χ2n) is 10.1. The maximum atomic E-state index is 14.1. The van der Waals surface area contributed by atoms with Gasteiger partial charge >= 0.3 is 0 Å². The third kappa shape index (κ3) is 7.89. The Kier molecular flexibility index (Phi) is 10.4. The highest BCUT2D eigenvalue weighted by Gasteiger charge is 2.33. The second kappa shape index (κ2) is 14.0. The highest BCUT2D eigenvalue weighted by molar-refractivity contribution is 9.10. The highest BCUT2D eigenvalue weighted by Crippen LogP contribution is 2.27. The summed E-state index contributed by atoms with van der Waals surface area (Å²) in [6, 6.07) is 21.4. The van der Waals surface area contributed by atoms with E-state index in [1.54, 1.807) is 49.4 Å². The molecule has 0 saturated heterocycles. The zero-order chi connectivity index (χ0) is 29.4. The van der Waals surface area contributed by atoms with Crippen LogP contribution in [-0.4, -0.2) is 50.4 Å². The number of hydrogen-bond acceptors (Lipinski definition) is 5. The normalized spacial score (nSPS) is 14.3. The Morgan fingerprint density at radius 2 is 1.68 bits per heavy atom. The van der Waals surface area contributed by atoms with Gasteiger partial charge in [-0.05, 0) is 80.8 Å². The Morgan fingerprint density at radius 1 is 1.00 bits per heavy atom. The van der Waals surface area contributed by atoms with Crippen LogP contribution in [0.5, 0.6) is 5.75 Å². The van der Waals surface area contributed by atoms with E-state index in [4.69, 9.17) is 4.74 Å². The molecule has 1 N–H and O–H groups in total. The molecule has 1 aliphatic carbocycles. The topological polar surface area (TPSA) is 96.0 Å². The van der Waals surface area contributed by atoms with Crippen molar-refractivity contribution in [3.63, 3.8) is 0 Å². The molecule has 0 unspecified atom stereocenters. The van der Waals surface area contributed by atoms with Crippen LogP contribution in [-0.2, 0) is 26.2 Å². The third-order valence-electron chi connectivity index (χ3n) is 7.16. The van der Waals surface area contributed by atoms with Gasteiger partial charge in [-0.15, -0.1) is 0 Å². The van der Waals surface area contributed by atoms with E-state index in [0.717, 1.165) is 40.0 Å². The molecule has 2 amide bonds. The van der Waals surface area contributed by atoms with Gasteiger partial charge in [0.15, 0.2) is 0 Å². The Morgan fingerprint density at radius 3 is 2.32 bits per heavy atom. The monoisotopic (exact) mass is 641 g/mol. The molecule has 1 atom stereocenters. The summed E-state index contributed by atoms with van der Waals surface area (Å²) in [4.78, 5) is 28.9. The molecule has 0 aliphatic heterocycles. The molecule has 4 rings (SSSR count). The van der Waals surface area contributed by atoms with Gasteiger partial charge in [0.05, 0.1) is 17.2 Å². The first-order valence-corrected chi connectivity index (χ1v) is 16.1. The highest BCUT2D eigenvalue weighted by atomic mass is 79.9. The molecule has 8 nitrogen and oxygen atoms in total. The van der Waals surface area contributed by atoms with Crippen molar-refractivity contribution in [1.29, 1.82) is 0 Å². The van der Waals surface area contributed by atoms with Crippen molar-refractivity contribution in [3.8, 4) is 5.75 Å². The van der Waals surface area contributed by atoms with E-state index in [9.17, 15) is 18.0 Å². The number of halogens is 1. The van der Waals surface area contributed by atoms with E-state index in [-0.39, 0.29) is 23.4 Å². The molecule has 1 aliphatic rings. The number of hydrogen-bond donors (Lipinski definition) is 1. The minimum atomic E-state index is -4.12. The standard InChI is InChI=1S/C31H36BrN3O5S/c1-3-40-28-18-16-27(17-19-28)35(41(38,39)29-14-5-4-6-15-29)22-30(36)34(21-24-10-9-11-25(32)20-24)23(2)31(37)33-26-12-7-8-13-26/h4-6,9-11,14-20,23,26H,3,7-8,12-13,21-22H2,1-2H3,(H,33,37)/t23-/m1/s1. The predicted octanol–water partition coefficient (Wildman–Crippen LogP) is 5.52. The van der Waals surface area contributed by atoms with Crippen molar-refractivity contribution in [2.24, 2.45) is 0 Å². The summed E-state index contributed by atoms with van der Waals surface area (Å²) in [6.45, 7) is 3.67. The Bertz CT molecular complexity index is 1430. The number of nitrogens with zero attached hydrogens (tertiary/aromatic N) is 2. The molecule has 3 aromatic rings. The van der Waals surface area contributed by atoms with Crippen LogP contribution < -0.4 is 14.4 Å². The van der Waals surface area contributed by atoms with Crippen LogP contribution in [0.2, 0.25) is 0 Å². The number of rotatable bonds is 12. The Hall–Kier alpha value is -3.37. The molecule has 218 valence electrons. The molecular weight excluding hydrogens is 606 g/mol. The van der Waals surface area contributed by atoms with Crippen molar-refractivity contribution in [2.75, 3.05) is 17.5 Å². The molecule has 41 heavy (non-hydrogen) atoms. The van der Waals surface area contributed by atoms with Crippen molar-refractivity contribution >= 4 is 43.5 Å². The van der Waals surface area contributed by atoms with Crippen LogP contribution in [0.25, 0.3) is 0 Å². The SMILES string of the molecule is CCOc1ccc(N(CC(=O)N(Cc2cccc(Br)c2)[C@H](C)C(=O)NC2CCCC2)S(=O)(=O)c2ccccc2)cc1. The molecule has 1 saturated carbocycles. The van der Waals surface area contributed by atoms with Gasteiger partial charge in [-0.1, -0.05) is 59.1 Å². The van der Waals surface area contributed by atoms with Crippen molar-refractivity contribution in [1.82, 2.24) is 10.2 Å². The number of sulfonamides is 1. The van der Waals surface area contributed by atoms with Gasteiger partial charge in [0.25, 0.3) is 10.0 Å². The van der Waals surface area contributed by atoms with E-state index in [0.29, 0.717) is 18.0 Å². The molecule has 10 heteroatoms. The lowest BCUT2D eigenvalue weighted by molar-refractivity contribution is -0.139. The molecule has 0 radical (unpaired) electrons. The first-order chi connectivity index (χ1) is 19.7. The van der Waals surface area contributed by atoms with Crippen LogP contribution >= 0.6 is 15.9 Å². The minimum Gasteiger partial charge on any atom is -0.494 e. The van der Waals surface area contributed by atoms with Crippen molar-refractivity contribution < 1.29 is 22.7 Å². The summed E-state index contributed by atoms with van der Waals surface area (Å²) in [5.41, 5.74) is 1.13. The van der Waals surface area contributed by atoms with Gasteiger partial charge < -0.3 is 15.0 Å².